The number of rotatable bonds is 5. The fourth-order valence-corrected chi connectivity index (χ4v) is 10.7. The Kier molecular flexibility index (Phi) is 6.16. The molecule has 0 bridgehead atoms. The van der Waals surface area contributed by atoms with Crippen molar-refractivity contribution in [1.29, 1.82) is 0 Å². The number of hydrogen-bond donors (Lipinski definition) is 0. The lowest BCUT2D eigenvalue weighted by molar-refractivity contribution is -0.271. The Balaban J connectivity index is 1.53. The monoisotopic (exact) mass is 535 g/mol. The van der Waals surface area contributed by atoms with Crippen LogP contribution in [0.3, 0.4) is 0 Å². The van der Waals surface area contributed by atoms with Crippen molar-refractivity contribution in [2.75, 3.05) is 13.2 Å². The van der Waals surface area contributed by atoms with Gasteiger partial charge in [-0.25, -0.2) is 0 Å². The van der Waals surface area contributed by atoms with Crippen LogP contribution in [0.1, 0.15) is 34.6 Å². The highest BCUT2D eigenvalue weighted by atomic mass is 28.4. The van der Waals surface area contributed by atoms with Crippen molar-refractivity contribution in [1.82, 2.24) is 4.90 Å². The van der Waals surface area contributed by atoms with E-state index in [1.807, 2.05) is 60.7 Å². The lowest BCUT2D eigenvalue weighted by Gasteiger charge is -2.55. The smallest absolute Gasteiger partial charge is 0.404 e. The second kappa shape index (κ2) is 8.64. The fourth-order valence-electron chi connectivity index (χ4n) is 6.05. The van der Waals surface area contributed by atoms with Gasteiger partial charge in [0.2, 0.25) is 0 Å². The third-order valence-electron chi connectivity index (χ3n) is 7.52. The summed E-state index contributed by atoms with van der Waals surface area (Å²) in [5.74, 6) is -2.95. The molecule has 0 unspecified atom stereocenters. The molecular formula is C27H32F3NO5Si. The van der Waals surface area contributed by atoms with Gasteiger partial charge in [-0.1, -0.05) is 81.4 Å². The van der Waals surface area contributed by atoms with Gasteiger partial charge >= 0.3 is 12.1 Å². The number of ether oxygens (including phenoxy) is 3. The SMILES string of the molecule is CC1(C)O[C@H]2O[C@@]3(CO[Si](c4ccccc4)(c4ccccc4)C(C)(C)C)CN(C(=O)C(F)(F)F)[C@H]3[C@H]2O1. The summed E-state index contributed by atoms with van der Waals surface area (Å²) in [5.41, 5.74) is -1.18. The maximum absolute atomic E-state index is 13.4. The molecule has 10 heteroatoms. The molecule has 200 valence electrons. The number of benzene rings is 2. The minimum atomic E-state index is -5.00. The quantitative estimate of drug-likeness (QED) is 0.548. The van der Waals surface area contributed by atoms with E-state index < -0.39 is 50.2 Å². The van der Waals surface area contributed by atoms with Gasteiger partial charge in [0.1, 0.15) is 11.7 Å². The van der Waals surface area contributed by atoms with E-state index in [4.69, 9.17) is 18.6 Å². The van der Waals surface area contributed by atoms with Crippen LogP contribution in [0.4, 0.5) is 13.2 Å². The zero-order valence-electron chi connectivity index (χ0n) is 21.5. The predicted octanol–water partition coefficient (Wildman–Crippen LogP) is 3.58. The van der Waals surface area contributed by atoms with Gasteiger partial charge in [0, 0.05) is 0 Å². The number of nitrogens with zero attached hydrogens (tertiary/aromatic N) is 1. The Hall–Kier alpha value is -2.24. The standard InChI is InChI=1S/C27H32F3NO5Si/c1-24(2,3)37(18-12-8-6-9-13-18,19-14-10-7-11-15-19)33-17-26-16-31(23(32)27(28,29)30)21(26)20-22(36-26)35-25(4,5)34-20/h6-15,20-22H,16-17H2,1-5H3/t20-,21+,22+,26-/m1/s1. The van der Waals surface area contributed by atoms with Crippen molar-refractivity contribution >= 4 is 24.6 Å². The van der Waals surface area contributed by atoms with Crippen LogP contribution in [-0.2, 0) is 23.4 Å². The third-order valence-corrected chi connectivity index (χ3v) is 12.5. The highest BCUT2D eigenvalue weighted by Gasteiger charge is 2.73. The Bertz CT molecular complexity index is 1110. The maximum Gasteiger partial charge on any atom is 0.471 e. The van der Waals surface area contributed by atoms with E-state index in [-0.39, 0.29) is 18.2 Å². The number of hydrogen-bond acceptors (Lipinski definition) is 5. The van der Waals surface area contributed by atoms with E-state index >= 15 is 0 Å². The van der Waals surface area contributed by atoms with Crippen molar-refractivity contribution < 1.29 is 36.6 Å². The van der Waals surface area contributed by atoms with Gasteiger partial charge in [-0.2, -0.15) is 13.2 Å². The first-order valence-corrected chi connectivity index (χ1v) is 14.3. The molecule has 2 aromatic rings. The number of carbonyl (C=O) groups excluding carboxylic acids is 1. The molecular weight excluding hydrogens is 503 g/mol. The van der Waals surface area contributed by atoms with Gasteiger partial charge in [0.25, 0.3) is 8.32 Å². The van der Waals surface area contributed by atoms with Crippen LogP contribution in [-0.4, -0.2) is 68.3 Å². The normalized spacial score (nSPS) is 29.0. The van der Waals surface area contributed by atoms with Crippen LogP contribution < -0.4 is 10.4 Å². The zero-order chi connectivity index (χ0) is 26.9. The van der Waals surface area contributed by atoms with E-state index in [9.17, 15) is 18.0 Å². The van der Waals surface area contributed by atoms with Crippen LogP contribution in [0, 0.1) is 0 Å². The highest BCUT2D eigenvalue weighted by Crippen LogP contribution is 2.52. The fraction of sp³-hybridized carbons (Fsp3) is 0.519. The van der Waals surface area contributed by atoms with Crippen molar-refractivity contribution in [3.8, 4) is 0 Å². The number of fused-ring (bicyclic) bond motifs is 3. The molecule has 0 aliphatic carbocycles. The van der Waals surface area contributed by atoms with Gasteiger partial charge < -0.3 is 23.5 Å². The van der Waals surface area contributed by atoms with Gasteiger partial charge in [-0.3, -0.25) is 4.79 Å². The van der Waals surface area contributed by atoms with Crippen LogP contribution in [0.2, 0.25) is 5.04 Å². The molecule has 3 heterocycles. The molecule has 3 saturated heterocycles. The summed E-state index contributed by atoms with van der Waals surface area (Å²) in [6.07, 6.45) is -6.75. The summed E-state index contributed by atoms with van der Waals surface area (Å²) in [6.45, 7) is 9.43. The van der Waals surface area contributed by atoms with E-state index in [2.05, 4.69) is 20.8 Å². The number of alkyl halides is 3. The summed E-state index contributed by atoms with van der Waals surface area (Å²) in [7, 11) is -3.00. The largest absolute Gasteiger partial charge is 0.471 e. The van der Waals surface area contributed by atoms with E-state index in [0.717, 1.165) is 15.3 Å². The molecule has 37 heavy (non-hydrogen) atoms. The first-order chi connectivity index (χ1) is 17.2. The lowest BCUT2D eigenvalue weighted by atomic mass is 9.82. The zero-order valence-corrected chi connectivity index (χ0v) is 22.5. The van der Waals surface area contributed by atoms with E-state index in [1.165, 1.54) is 0 Å². The molecule has 0 aromatic heterocycles. The first kappa shape index (κ1) is 26.4. The topological polar surface area (TPSA) is 57.2 Å². The molecule has 3 aliphatic rings. The van der Waals surface area contributed by atoms with Crippen molar-refractivity contribution in [2.45, 2.75) is 75.7 Å². The second-order valence-electron chi connectivity index (χ2n) is 11.5. The summed E-state index contributed by atoms with van der Waals surface area (Å²) in [6, 6.07) is 18.9. The Morgan fingerprint density at radius 3 is 2.00 bits per heavy atom. The van der Waals surface area contributed by atoms with Crippen molar-refractivity contribution in [3.05, 3.63) is 60.7 Å². The Labute approximate surface area is 215 Å². The first-order valence-electron chi connectivity index (χ1n) is 12.4. The molecule has 1 amide bonds. The van der Waals surface area contributed by atoms with Crippen molar-refractivity contribution in [2.24, 2.45) is 0 Å². The highest BCUT2D eigenvalue weighted by molar-refractivity contribution is 6.99. The molecule has 3 aliphatic heterocycles. The molecule has 4 atom stereocenters. The van der Waals surface area contributed by atoms with Crippen molar-refractivity contribution in [3.63, 3.8) is 0 Å². The molecule has 0 N–H and O–H groups in total. The number of halogens is 3. The van der Waals surface area contributed by atoms with Gasteiger partial charge in [-0.05, 0) is 29.3 Å². The predicted molar refractivity (Wildman–Crippen MR) is 133 cm³/mol. The molecule has 6 nitrogen and oxygen atoms in total. The average molecular weight is 536 g/mol. The number of carbonyl (C=O) groups is 1. The molecule has 2 aromatic carbocycles. The molecule has 0 radical (unpaired) electrons. The molecule has 0 saturated carbocycles. The van der Waals surface area contributed by atoms with Gasteiger partial charge in [0.05, 0.1) is 19.2 Å². The van der Waals surface area contributed by atoms with Crippen LogP contribution in [0.15, 0.2) is 60.7 Å². The van der Waals surface area contributed by atoms with Gasteiger partial charge in [0.15, 0.2) is 12.1 Å². The minimum absolute atomic E-state index is 0.00721. The van der Waals surface area contributed by atoms with Crippen LogP contribution >= 0.6 is 0 Å². The molecule has 5 rings (SSSR count). The Morgan fingerprint density at radius 1 is 0.973 bits per heavy atom. The molecule has 3 fully saturated rings. The lowest BCUT2D eigenvalue weighted by Crippen LogP contribution is -2.77. The van der Waals surface area contributed by atoms with Crippen LogP contribution in [0.25, 0.3) is 0 Å². The summed E-state index contributed by atoms with van der Waals surface area (Å²) >= 11 is 0. The van der Waals surface area contributed by atoms with E-state index in [0.29, 0.717) is 0 Å². The van der Waals surface area contributed by atoms with Gasteiger partial charge in [-0.15, -0.1) is 0 Å². The summed E-state index contributed by atoms with van der Waals surface area (Å²) in [4.78, 5) is 13.1. The summed E-state index contributed by atoms with van der Waals surface area (Å²) < 4.78 is 65.4. The average Bonchev–Trinajstić information content (AvgIpc) is 3.20. The second-order valence-corrected chi connectivity index (χ2v) is 15.8. The third kappa shape index (κ3) is 4.23. The maximum atomic E-state index is 13.4. The minimum Gasteiger partial charge on any atom is -0.404 e. The molecule has 0 spiro atoms. The number of likely N-dealkylation sites (tertiary alicyclic amines) is 1. The number of amides is 1. The summed E-state index contributed by atoms with van der Waals surface area (Å²) in [5, 5.41) is 1.74. The van der Waals surface area contributed by atoms with Crippen LogP contribution in [0.5, 0.6) is 0 Å². The van der Waals surface area contributed by atoms with E-state index in [1.54, 1.807) is 13.8 Å². The Morgan fingerprint density at radius 2 is 1.51 bits per heavy atom.